The Balaban J connectivity index is 1.88. The molecule has 0 aliphatic heterocycles. The average molecular weight is 256 g/mol. The summed E-state index contributed by atoms with van der Waals surface area (Å²) >= 11 is 0. The van der Waals surface area contributed by atoms with Gasteiger partial charge in [-0.3, -0.25) is 0 Å². The Labute approximate surface area is 115 Å². The number of rotatable bonds is 7. The number of benzene rings is 2. The van der Waals surface area contributed by atoms with Gasteiger partial charge in [0.15, 0.2) is 0 Å². The summed E-state index contributed by atoms with van der Waals surface area (Å²) in [6.07, 6.45) is 2.22. The highest BCUT2D eigenvalue weighted by Crippen LogP contribution is 2.20. The van der Waals surface area contributed by atoms with Crippen LogP contribution in [0.15, 0.2) is 54.6 Å². The van der Waals surface area contributed by atoms with Gasteiger partial charge in [-0.25, -0.2) is 0 Å². The first-order chi connectivity index (χ1) is 9.38. The van der Waals surface area contributed by atoms with E-state index in [1.54, 1.807) is 0 Å². The van der Waals surface area contributed by atoms with Gasteiger partial charge in [-0.15, -0.1) is 0 Å². The normalized spacial score (nSPS) is 10.2. The Kier molecular flexibility index (Phi) is 5.30. The average Bonchev–Trinajstić information content (AvgIpc) is 2.47. The van der Waals surface area contributed by atoms with Crippen LogP contribution in [0.25, 0.3) is 0 Å². The number of ether oxygens (including phenoxy) is 2. The van der Waals surface area contributed by atoms with Crippen molar-refractivity contribution < 1.29 is 9.47 Å². The van der Waals surface area contributed by atoms with Gasteiger partial charge in [-0.05, 0) is 24.1 Å². The fourth-order valence-corrected chi connectivity index (χ4v) is 1.73. The van der Waals surface area contributed by atoms with Crippen molar-refractivity contribution in [3.63, 3.8) is 0 Å². The maximum absolute atomic E-state index is 5.76. The Morgan fingerprint density at radius 2 is 1.58 bits per heavy atom. The molecule has 0 atom stereocenters. The highest BCUT2D eigenvalue weighted by molar-refractivity contribution is 5.33. The molecular formula is C17H20O2. The van der Waals surface area contributed by atoms with Gasteiger partial charge in [0, 0.05) is 6.07 Å². The number of hydrogen-bond acceptors (Lipinski definition) is 2. The van der Waals surface area contributed by atoms with E-state index in [4.69, 9.17) is 9.47 Å². The van der Waals surface area contributed by atoms with Crippen molar-refractivity contribution in [2.24, 2.45) is 0 Å². The summed E-state index contributed by atoms with van der Waals surface area (Å²) in [4.78, 5) is 0. The third-order valence-corrected chi connectivity index (χ3v) is 2.82. The molecule has 2 rings (SSSR count). The molecule has 100 valence electrons. The van der Waals surface area contributed by atoms with Crippen LogP contribution in [-0.4, -0.2) is 6.61 Å². The quantitative estimate of drug-likeness (QED) is 0.682. The fraction of sp³-hybridized carbons (Fsp3) is 0.294. The Morgan fingerprint density at radius 3 is 2.32 bits per heavy atom. The van der Waals surface area contributed by atoms with Gasteiger partial charge < -0.3 is 9.47 Å². The summed E-state index contributed by atoms with van der Waals surface area (Å²) in [5.74, 6) is 1.72. The van der Waals surface area contributed by atoms with Crippen LogP contribution in [0.3, 0.4) is 0 Å². The molecule has 0 aliphatic carbocycles. The van der Waals surface area contributed by atoms with E-state index in [2.05, 4.69) is 19.1 Å². The van der Waals surface area contributed by atoms with E-state index in [-0.39, 0.29) is 0 Å². The van der Waals surface area contributed by atoms with Crippen LogP contribution < -0.4 is 9.47 Å². The van der Waals surface area contributed by atoms with Crippen molar-refractivity contribution in [2.45, 2.75) is 26.4 Å². The molecule has 0 heterocycles. The van der Waals surface area contributed by atoms with Gasteiger partial charge in [0.2, 0.25) is 0 Å². The monoisotopic (exact) mass is 256 g/mol. The molecule has 2 heteroatoms. The largest absolute Gasteiger partial charge is 0.493 e. The van der Waals surface area contributed by atoms with Gasteiger partial charge in [-0.1, -0.05) is 49.7 Å². The van der Waals surface area contributed by atoms with Crippen LogP contribution in [-0.2, 0) is 6.61 Å². The third-order valence-electron chi connectivity index (χ3n) is 2.82. The minimum Gasteiger partial charge on any atom is -0.493 e. The first-order valence-corrected chi connectivity index (χ1v) is 6.78. The molecule has 0 amide bonds. The van der Waals surface area contributed by atoms with Gasteiger partial charge in [-0.2, -0.15) is 0 Å². The first-order valence-electron chi connectivity index (χ1n) is 6.78. The zero-order valence-corrected chi connectivity index (χ0v) is 11.3. The van der Waals surface area contributed by atoms with Gasteiger partial charge in [0.1, 0.15) is 18.1 Å². The second kappa shape index (κ2) is 7.47. The van der Waals surface area contributed by atoms with Crippen molar-refractivity contribution in [3.8, 4) is 11.5 Å². The molecular weight excluding hydrogens is 236 g/mol. The predicted octanol–water partition coefficient (Wildman–Crippen LogP) is 4.44. The van der Waals surface area contributed by atoms with Gasteiger partial charge >= 0.3 is 0 Å². The molecule has 0 saturated carbocycles. The molecule has 0 fully saturated rings. The summed E-state index contributed by atoms with van der Waals surface area (Å²) in [5.41, 5.74) is 1.17. The lowest BCUT2D eigenvalue weighted by Gasteiger charge is -2.09. The van der Waals surface area contributed by atoms with Crippen LogP contribution in [0.2, 0.25) is 0 Å². The topological polar surface area (TPSA) is 18.5 Å². The van der Waals surface area contributed by atoms with Crippen molar-refractivity contribution in [2.75, 3.05) is 6.61 Å². The summed E-state index contributed by atoms with van der Waals surface area (Å²) in [6.45, 7) is 3.50. The van der Waals surface area contributed by atoms with Crippen molar-refractivity contribution in [1.82, 2.24) is 0 Å². The van der Waals surface area contributed by atoms with Gasteiger partial charge in [0.25, 0.3) is 0 Å². The Hall–Kier alpha value is -1.96. The summed E-state index contributed by atoms with van der Waals surface area (Å²) in [5, 5.41) is 0. The lowest BCUT2D eigenvalue weighted by Crippen LogP contribution is -1.98. The fourth-order valence-electron chi connectivity index (χ4n) is 1.73. The van der Waals surface area contributed by atoms with E-state index >= 15 is 0 Å². The highest BCUT2D eigenvalue weighted by atomic mass is 16.5. The minimum atomic E-state index is 0.583. The molecule has 0 unspecified atom stereocenters. The molecule has 2 nitrogen and oxygen atoms in total. The first kappa shape index (κ1) is 13.5. The van der Waals surface area contributed by atoms with Crippen LogP contribution in [0.1, 0.15) is 25.3 Å². The van der Waals surface area contributed by atoms with Crippen molar-refractivity contribution in [3.05, 3.63) is 60.2 Å². The summed E-state index contributed by atoms with van der Waals surface area (Å²) < 4.78 is 11.4. The molecule has 0 spiro atoms. The Bertz CT molecular complexity index is 480. The molecule has 0 saturated heterocycles. The second-order valence-electron chi connectivity index (χ2n) is 4.45. The molecule has 0 N–H and O–H groups in total. The molecule has 0 aromatic heterocycles. The number of unbranched alkanes of at least 4 members (excludes halogenated alkanes) is 1. The molecule has 0 aliphatic rings. The summed E-state index contributed by atoms with van der Waals surface area (Å²) in [6, 6.07) is 18.0. The molecule has 0 radical (unpaired) electrons. The smallest absolute Gasteiger partial charge is 0.123 e. The van der Waals surface area contributed by atoms with Crippen molar-refractivity contribution in [1.29, 1.82) is 0 Å². The molecule has 2 aromatic rings. The number of hydrogen-bond donors (Lipinski definition) is 0. The standard InChI is InChI=1S/C17H20O2/c1-2-3-12-18-16-10-7-11-17(13-16)19-14-15-8-5-4-6-9-15/h4-11,13H,2-3,12,14H2,1H3. The lowest BCUT2D eigenvalue weighted by molar-refractivity contribution is 0.292. The maximum Gasteiger partial charge on any atom is 0.123 e. The Morgan fingerprint density at radius 1 is 0.842 bits per heavy atom. The van der Waals surface area contributed by atoms with Crippen LogP contribution >= 0.6 is 0 Å². The van der Waals surface area contributed by atoms with Crippen LogP contribution in [0.5, 0.6) is 11.5 Å². The van der Waals surface area contributed by atoms with Crippen molar-refractivity contribution >= 4 is 0 Å². The zero-order valence-electron chi connectivity index (χ0n) is 11.3. The zero-order chi connectivity index (χ0) is 13.3. The predicted molar refractivity (Wildman–Crippen MR) is 77.6 cm³/mol. The summed E-state index contributed by atoms with van der Waals surface area (Å²) in [7, 11) is 0. The van der Waals surface area contributed by atoms with E-state index in [9.17, 15) is 0 Å². The van der Waals surface area contributed by atoms with Gasteiger partial charge in [0.05, 0.1) is 6.61 Å². The van der Waals surface area contributed by atoms with E-state index in [0.29, 0.717) is 6.61 Å². The van der Waals surface area contributed by atoms with E-state index in [0.717, 1.165) is 30.9 Å². The van der Waals surface area contributed by atoms with E-state index < -0.39 is 0 Å². The minimum absolute atomic E-state index is 0.583. The third kappa shape index (κ3) is 4.66. The molecule has 2 aromatic carbocycles. The molecule has 0 bridgehead atoms. The highest BCUT2D eigenvalue weighted by Gasteiger charge is 1.98. The van der Waals surface area contributed by atoms with E-state index in [1.165, 1.54) is 5.56 Å². The van der Waals surface area contributed by atoms with Crippen LogP contribution in [0.4, 0.5) is 0 Å². The van der Waals surface area contributed by atoms with Crippen LogP contribution in [0, 0.1) is 0 Å². The second-order valence-corrected chi connectivity index (χ2v) is 4.45. The van der Waals surface area contributed by atoms with E-state index in [1.807, 2.05) is 42.5 Å². The molecule has 19 heavy (non-hydrogen) atoms. The SMILES string of the molecule is CCCCOc1cccc(OCc2ccccc2)c1. The lowest BCUT2D eigenvalue weighted by atomic mass is 10.2. The maximum atomic E-state index is 5.76.